The third kappa shape index (κ3) is 5.25. The van der Waals surface area contributed by atoms with Crippen molar-refractivity contribution in [2.24, 2.45) is 0 Å². The van der Waals surface area contributed by atoms with Gasteiger partial charge in [-0.05, 0) is 30.3 Å². The monoisotopic (exact) mass is 510 g/mol. The molecule has 1 unspecified atom stereocenters. The molecule has 1 aliphatic heterocycles. The van der Waals surface area contributed by atoms with E-state index in [1.54, 1.807) is 24.3 Å². The second-order valence-corrected chi connectivity index (χ2v) is 8.99. The number of amides is 1. The second-order valence-electron chi connectivity index (χ2n) is 8.99. The van der Waals surface area contributed by atoms with Gasteiger partial charge in [-0.15, -0.1) is 0 Å². The van der Waals surface area contributed by atoms with Crippen molar-refractivity contribution < 1.29 is 14.3 Å². The molecule has 1 atom stereocenters. The van der Waals surface area contributed by atoms with Gasteiger partial charge in [0.05, 0.1) is 53.7 Å². The van der Waals surface area contributed by atoms with Gasteiger partial charge in [0.1, 0.15) is 17.9 Å². The smallest absolute Gasteiger partial charge is 0.255 e. The number of carbonyl (C=O) groups is 1. The number of hydrogen-bond acceptors (Lipinski definition) is 10. The molecule has 0 radical (unpaired) electrons. The Morgan fingerprint density at radius 3 is 2.58 bits per heavy atom. The third-order valence-electron chi connectivity index (χ3n) is 6.09. The first-order valence-corrected chi connectivity index (χ1v) is 12.0. The summed E-state index contributed by atoms with van der Waals surface area (Å²) in [6, 6.07) is 12.8. The molecule has 0 aliphatic carbocycles. The highest BCUT2D eigenvalue weighted by Crippen LogP contribution is 2.35. The summed E-state index contributed by atoms with van der Waals surface area (Å²) in [4.78, 5) is 27.6. The quantitative estimate of drug-likeness (QED) is 0.314. The highest BCUT2D eigenvalue weighted by Gasteiger charge is 2.20. The van der Waals surface area contributed by atoms with E-state index in [-0.39, 0.29) is 18.0 Å². The normalized spacial score (nSPS) is 14.6. The van der Waals surface area contributed by atoms with Gasteiger partial charge in [-0.25, -0.2) is 9.97 Å². The highest BCUT2D eigenvalue weighted by molar-refractivity contribution is 6.04. The van der Waals surface area contributed by atoms with Crippen LogP contribution in [0.1, 0.15) is 22.3 Å². The molecule has 11 nitrogen and oxygen atoms in total. The number of nitrogens with one attached hydrogen (secondary N) is 2. The number of fused-ring (bicyclic) bond motifs is 1. The molecule has 38 heavy (non-hydrogen) atoms. The SMILES string of the molecule is CN(C)c1ccc(C(=O)Nc2cnc(Nc3c(C#N)cnc4cc(OC5CCOC5)c(N)cc34)nc2)cc1. The number of hydrogen-bond donors (Lipinski definition) is 3. The summed E-state index contributed by atoms with van der Waals surface area (Å²) >= 11 is 0. The Hall–Kier alpha value is -4.95. The van der Waals surface area contributed by atoms with Gasteiger partial charge in [0.25, 0.3) is 5.91 Å². The lowest BCUT2D eigenvalue weighted by Gasteiger charge is -2.16. The first-order chi connectivity index (χ1) is 18.4. The molecule has 4 aromatic rings. The zero-order valence-corrected chi connectivity index (χ0v) is 20.9. The molecule has 11 heteroatoms. The van der Waals surface area contributed by atoms with Gasteiger partial charge in [-0.2, -0.15) is 5.26 Å². The largest absolute Gasteiger partial charge is 0.486 e. The van der Waals surface area contributed by atoms with E-state index in [4.69, 9.17) is 15.2 Å². The maximum atomic E-state index is 12.6. The number of nitrogen functional groups attached to an aromatic ring is 1. The molecule has 5 rings (SSSR count). The lowest BCUT2D eigenvalue weighted by molar-refractivity contribution is 0.102. The average Bonchev–Trinajstić information content (AvgIpc) is 3.44. The lowest BCUT2D eigenvalue weighted by atomic mass is 10.1. The van der Waals surface area contributed by atoms with Crippen LogP contribution in [0.3, 0.4) is 0 Å². The van der Waals surface area contributed by atoms with Crippen LogP contribution >= 0.6 is 0 Å². The molecule has 0 bridgehead atoms. The van der Waals surface area contributed by atoms with Crippen LogP contribution < -0.4 is 26.0 Å². The third-order valence-corrected chi connectivity index (χ3v) is 6.09. The number of nitriles is 1. The maximum absolute atomic E-state index is 12.6. The number of ether oxygens (including phenoxy) is 2. The van der Waals surface area contributed by atoms with Gasteiger partial charge < -0.3 is 30.7 Å². The van der Waals surface area contributed by atoms with Crippen LogP contribution in [0.4, 0.5) is 28.7 Å². The Kier molecular flexibility index (Phi) is 6.88. The molecule has 0 saturated carbocycles. The van der Waals surface area contributed by atoms with E-state index >= 15 is 0 Å². The van der Waals surface area contributed by atoms with Crippen molar-refractivity contribution in [1.29, 1.82) is 5.26 Å². The fourth-order valence-electron chi connectivity index (χ4n) is 4.03. The molecule has 192 valence electrons. The summed E-state index contributed by atoms with van der Waals surface area (Å²) in [6.07, 6.45) is 5.18. The van der Waals surface area contributed by atoms with Gasteiger partial charge in [-0.3, -0.25) is 9.78 Å². The van der Waals surface area contributed by atoms with Crippen molar-refractivity contribution >= 4 is 45.5 Å². The van der Waals surface area contributed by atoms with Gasteiger partial charge in [-0.1, -0.05) is 0 Å². The minimum absolute atomic E-state index is 0.0597. The van der Waals surface area contributed by atoms with E-state index in [1.807, 2.05) is 31.1 Å². The fraction of sp³-hybridized carbons (Fsp3) is 0.222. The number of nitrogens with two attached hydrogens (primary N) is 1. The van der Waals surface area contributed by atoms with Gasteiger partial charge in [0.15, 0.2) is 0 Å². The molecule has 2 aromatic heterocycles. The van der Waals surface area contributed by atoms with Crippen LogP contribution in [-0.4, -0.2) is 54.3 Å². The number of carbonyl (C=O) groups excluding carboxylic acids is 1. The minimum Gasteiger partial charge on any atom is -0.486 e. The topological polar surface area (TPSA) is 151 Å². The van der Waals surface area contributed by atoms with Crippen molar-refractivity contribution in [3.05, 3.63) is 66.1 Å². The molecule has 1 fully saturated rings. The highest BCUT2D eigenvalue weighted by atomic mass is 16.5. The van der Waals surface area contributed by atoms with Crippen LogP contribution in [0.5, 0.6) is 5.75 Å². The van der Waals surface area contributed by atoms with Crippen molar-refractivity contribution in [3.8, 4) is 11.8 Å². The molecule has 1 amide bonds. The summed E-state index contributed by atoms with van der Waals surface area (Å²) in [6.45, 7) is 1.17. The zero-order chi connectivity index (χ0) is 26.6. The Morgan fingerprint density at radius 2 is 1.92 bits per heavy atom. The van der Waals surface area contributed by atoms with E-state index in [0.29, 0.717) is 58.1 Å². The van der Waals surface area contributed by atoms with Crippen LogP contribution in [0, 0.1) is 11.3 Å². The zero-order valence-electron chi connectivity index (χ0n) is 20.9. The summed E-state index contributed by atoms with van der Waals surface area (Å²) < 4.78 is 11.4. The standard InChI is InChI=1S/C27H26N8O3/c1-35(2)19-5-3-16(4-6-19)26(36)33-18-13-31-27(32-14-18)34-25-17(11-28)12-30-23-10-24(22(29)9-21(23)25)38-20-7-8-37-15-20/h3-6,9-10,12-14,20H,7-8,15,29H2,1-2H3,(H,33,36)(H,30,31,32,34). The molecular formula is C27H26N8O3. The van der Waals surface area contributed by atoms with Crippen LogP contribution in [0.2, 0.25) is 0 Å². The molecule has 0 spiro atoms. The first-order valence-electron chi connectivity index (χ1n) is 12.0. The summed E-state index contributed by atoms with van der Waals surface area (Å²) in [7, 11) is 3.87. The number of pyridine rings is 1. The Labute approximate surface area is 219 Å². The predicted octanol–water partition coefficient (Wildman–Crippen LogP) is 3.71. The van der Waals surface area contributed by atoms with E-state index < -0.39 is 0 Å². The number of rotatable bonds is 7. The number of aromatic nitrogens is 3. The maximum Gasteiger partial charge on any atom is 0.255 e. The summed E-state index contributed by atoms with van der Waals surface area (Å²) in [5.41, 5.74) is 10.0. The number of anilines is 5. The Balaban J connectivity index is 1.34. The van der Waals surface area contributed by atoms with E-state index in [9.17, 15) is 10.1 Å². The van der Waals surface area contributed by atoms with Gasteiger partial charge >= 0.3 is 0 Å². The van der Waals surface area contributed by atoms with Gasteiger partial charge in [0, 0.05) is 49.4 Å². The summed E-state index contributed by atoms with van der Waals surface area (Å²) in [5, 5.41) is 16.2. The Morgan fingerprint density at radius 1 is 1.16 bits per heavy atom. The number of benzene rings is 2. The van der Waals surface area contributed by atoms with Crippen LogP contribution in [-0.2, 0) is 4.74 Å². The number of nitrogens with zero attached hydrogens (tertiary/aromatic N) is 5. The average molecular weight is 511 g/mol. The van der Waals surface area contributed by atoms with Crippen LogP contribution in [0.25, 0.3) is 10.9 Å². The van der Waals surface area contributed by atoms with Crippen molar-refractivity contribution in [1.82, 2.24) is 15.0 Å². The van der Waals surface area contributed by atoms with Crippen molar-refractivity contribution in [3.63, 3.8) is 0 Å². The van der Waals surface area contributed by atoms with E-state index in [2.05, 4.69) is 31.7 Å². The van der Waals surface area contributed by atoms with E-state index in [1.165, 1.54) is 18.6 Å². The first kappa shape index (κ1) is 24.7. The second kappa shape index (κ2) is 10.6. The fourth-order valence-corrected chi connectivity index (χ4v) is 4.03. The molecule has 1 saturated heterocycles. The predicted molar refractivity (Wildman–Crippen MR) is 145 cm³/mol. The van der Waals surface area contributed by atoms with Gasteiger partial charge in [0.2, 0.25) is 5.95 Å². The summed E-state index contributed by atoms with van der Waals surface area (Å²) in [5.74, 6) is 0.484. The van der Waals surface area contributed by atoms with Crippen molar-refractivity contribution in [2.75, 3.05) is 48.6 Å². The molecule has 1 aliphatic rings. The minimum atomic E-state index is -0.274. The molecule has 4 N–H and O–H groups in total. The molecule has 3 heterocycles. The lowest BCUT2D eigenvalue weighted by Crippen LogP contribution is -2.16. The molecule has 2 aromatic carbocycles. The van der Waals surface area contributed by atoms with Crippen molar-refractivity contribution in [2.45, 2.75) is 12.5 Å². The van der Waals surface area contributed by atoms with Crippen LogP contribution in [0.15, 0.2) is 55.0 Å². The molecular weight excluding hydrogens is 484 g/mol. The van der Waals surface area contributed by atoms with E-state index in [0.717, 1.165) is 12.1 Å². The Bertz CT molecular complexity index is 1510.